The Labute approximate surface area is 172 Å². The molecule has 162 valence electrons. The van der Waals surface area contributed by atoms with Gasteiger partial charge < -0.3 is 14.0 Å². The molecule has 3 nitrogen and oxygen atoms in total. The summed E-state index contributed by atoms with van der Waals surface area (Å²) in [6, 6.07) is 0. The summed E-state index contributed by atoms with van der Waals surface area (Å²) in [6.07, 6.45) is 3.99. The van der Waals surface area contributed by atoms with Gasteiger partial charge in [-0.25, -0.2) is 0 Å². The zero-order valence-electron chi connectivity index (χ0n) is 20.2. The molecular formula is C22H48O3Si2. The van der Waals surface area contributed by atoms with Gasteiger partial charge in [-0.2, -0.15) is 0 Å². The Morgan fingerprint density at radius 1 is 0.926 bits per heavy atom. The molecule has 0 aromatic carbocycles. The first-order valence-corrected chi connectivity index (χ1v) is 15.8. The van der Waals surface area contributed by atoms with E-state index < -0.39 is 16.6 Å². The van der Waals surface area contributed by atoms with Crippen molar-refractivity contribution in [2.45, 2.75) is 110 Å². The topological polar surface area (TPSA) is 38.7 Å². The molecule has 0 amide bonds. The molecule has 0 saturated carbocycles. The fourth-order valence-corrected chi connectivity index (χ4v) is 10.9. The molecule has 0 bridgehead atoms. The molecule has 5 heteroatoms. The largest absolute Gasteiger partial charge is 0.413 e. The van der Waals surface area contributed by atoms with E-state index in [-0.39, 0.29) is 23.7 Å². The van der Waals surface area contributed by atoms with Crippen molar-refractivity contribution >= 4 is 16.6 Å². The average molecular weight is 417 g/mol. The highest BCUT2D eigenvalue weighted by molar-refractivity contribution is 6.77. The molecule has 0 aliphatic heterocycles. The smallest absolute Gasteiger partial charge is 0.200 e. The lowest BCUT2D eigenvalue weighted by atomic mass is 10.0. The summed E-state index contributed by atoms with van der Waals surface area (Å²) in [5.74, 6) is -0.0256. The Bertz CT molecular complexity index is 429. The number of aliphatic hydroxyl groups is 1. The van der Waals surface area contributed by atoms with Gasteiger partial charge in [-0.05, 0) is 41.7 Å². The van der Waals surface area contributed by atoms with Crippen LogP contribution in [0.15, 0.2) is 12.2 Å². The first-order valence-electron chi connectivity index (χ1n) is 10.7. The van der Waals surface area contributed by atoms with Gasteiger partial charge in [0.05, 0.1) is 19.3 Å². The summed E-state index contributed by atoms with van der Waals surface area (Å²) in [5.41, 5.74) is 1.63. The van der Waals surface area contributed by atoms with E-state index in [0.29, 0.717) is 23.2 Å². The third-order valence-electron chi connectivity index (χ3n) is 6.58. The van der Waals surface area contributed by atoms with Gasteiger partial charge in [-0.15, -0.1) is 0 Å². The minimum atomic E-state index is -1.96. The SMILES string of the molecule is C/C=C/[C@@H](CO)[C@H](CO[Si](C(C)C)(C(C)C)C(C)C)O[Si](C)(C)C(C)(C)C. The minimum Gasteiger partial charge on any atom is -0.413 e. The Hall–Kier alpha value is 0.0538. The molecule has 0 unspecified atom stereocenters. The Kier molecular flexibility index (Phi) is 10.7. The summed E-state index contributed by atoms with van der Waals surface area (Å²) in [6.45, 7) is 27.9. The van der Waals surface area contributed by atoms with Crippen LogP contribution in [0.4, 0.5) is 0 Å². The maximum atomic E-state index is 10.0. The molecule has 0 aliphatic carbocycles. The second-order valence-corrected chi connectivity index (χ2v) is 20.6. The molecular weight excluding hydrogens is 368 g/mol. The van der Waals surface area contributed by atoms with Crippen LogP contribution in [0.2, 0.25) is 34.8 Å². The van der Waals surface area contributed by atoms with Gasteiger partial charge >= 0.3 is 0 Å². The number of hydrogen-bond donors (Lipinski definition) is 1. The van der Waals surface area contributed by atoms with Gasteiger partial charge in [0.2, 0.25) is 0 Å². The summed E-state index contributed by atoms with van der Waals surface area (Å²) >= 11 is 0. The third-order valence-corrected chi connectivity index (χ3v) is 17.2. The number of allylic oxidation sites excluding steroid dienone is 1. The Morgan fingerprint density at radius 3 is 1.67 bits per heavy atom. The van der Waals surface area contributed by atoms with E-state index in [2.05, 4.69) is 81.5 Å². The van der Waals surface area contributed by atoms with Crippen LogP contribution < -0.4 is 0 Å². The molecule has 0 radical (unpaired) electrons. The molecule has 2 atom stereocenters. The molecule has 0 aliphatic rings. The normalized spacial score (nSPS) is 16.7. The van der Waals surface area contributed by atoms with Crippen LogP contribution in [0.1, 0.15) is 69.2 Å². The molecule has 0 heterocycles. The third kappa shape index (κ3) is 6.81. The molecule has 0 fully saturated rings. The van der Waals surface area contributed by atoms with Crippen LogP contribution in [0.25, 0.3) is 0 Å². The van der Waals surface area contributed by atoms with E-state index in [4.69, 9.17) is 8.85 Å². The maximum Gasteiger partial charge on any atom is 0.200 e. The zero-order chi connectivity index (χ0) is 21.6. The Balaban J connectivity index is 5.77. The molecule has 0 aromatic heterocycles. The quantitative estimate of drug-likeness (QED) is 0.299. The fraction of sp³-hybridized carbons (Fsp3) is 0.909. The van der Waals surface area contributed by atoms with Crippen LogP contribution in [-0.4, -0.2) is 41.1 Å². The van der Waals surface area contributed by atoms with Crippen LogP contribution in [0, 0.1) is 5.92 Å². The lowest BCUT2D eigenvalue weighted by Crippen LogP contribution is -2.52. The van der Waals surface area contributed by atoms with Crippen molar-refractivity contribution < 1.29 is 14.0 Å². The van der Waals surface area contributed by atoms with Gasteiger partial charge in [0, 0.05) is 5.92 Å². The van der Waals surface area contributed by atoms with Crippen LogP contribution in [0.3, 0.4) is 0 Å². The minimum absolute atomic E-state index is 0.0256. The summed E-state index contributed by atoms with van der Waals surface area (Å²) < 4.78 is 13.6. The van der Waals surface area contributed by atoms with Crippen molar-refractivity contribution in [3.8, 4) is 0 Å². The molecule has 0 spiro atoms. The van der Waals surface area contributed by atoms with E-state index >= 15 is 0 Å². The molecule has 0 saturated heterocycles. The molecule has 1 N–H and O–H groups in total. The highest BCUT2D eigenvalue weighted by Gasteiger charge is 2.46. The van der Waals surface area contributed by atoms with Gasteiger partial charge in [-0.3, -0.25) is 0 Å². The van der Waals surface area contributed by atoms with Crippen molar-refractivity contribution in [1.82, 2.24) is 0 Å². The van der Waals surface area contributed by atoms with E-state index in [0.717, 1.165) is 0 Å². The monoisotopic (exact) mass is 416 g/mol. The lowest BCUT2D eigenvalue weighted by molar-refractivity contribution is 0.0517. The fourth-order valence-electron chi connectivity index (χ4n) is 4.08. The first kappa shape index (κ1) is 27.1. The first-order chi connectivity index (χ1) is 12.2. The van der Waals surface area contributed by atoms with Crippen molar-refractivity contribution in [3.05, 3.63) is 12.2 Å². The number of rotatable bonds is 11. The van der Waals surface area contributed by atoms with E-state index in [1.165, 1.54) is 0 Å². The molecule has 27 heavy (non-hydrogen) atoms. The maximum absolute atomic E-state index is 10.0. The van der Waals surface area contributed by atoms with Gasteiger partial charge in [-0.1, -0.05) is 74.5 Å². The summed E-state index contributed by atoms with van der Waals surface area (Å²) in [4.78, 5) is 0. The number of hydrogen-bond acceptors (Lipinski definition) is 3. The standard InChI is InChI=1S/C22H48O3Si2/c1-13-14-20(15-23)21(25-26(11,12)22(8,9)10)16-24-27(17(2)3,18(4)5)19(6)7/h13-14,17-21,23H,15-16H2,1-12H3/b14-13+/t20-,21-/m0/s1. The van der Waals surface area contributed by atoms with Gasteiger partial charge in [0.15, 0.2) is 16.6 Å². The highest BCUT2D eigenvalue weighted by Crippen LogP contribution is 2.43. The molecule has 0 rings (SSSR count). The second-order valence-electron chi connectivity index (χ2n) is 10.4. The van der Waals surface area contributed by atoms with Crippen LogP contribution >= 0.6 is 0 Å². The van der Waals surface area contributed by atoms with Crippen LogP contribution in [-0.2, 0) is 8.85 Å². The van der Waals surface area contributed by atoms with E-state index in [9.17, 15) is 5.11 Å². The number of aliphatic hydroxyl groups excluding tert-OH is 1. The van der Waals surface area contributed by atoms with Gasteiger partial charge in [0.25, 0.3) is 0 Å². The van der Waals surface area contributed by atoms with E-state index in [1.807, 2.05) is 13.0 Å². The summed E-state index contributed by atoms with van der Waals surface area (Å²) in [7, 11) is -3.93. The highest BCUT2D eigenvalue weighted by atomic mass is 28.4. The predicted octanol–water partition coefficient (Wildman–Crippen LogP) is 6.75. The van der Waals surface area contributed by atoms with Gasteiger partial charge in [0.1, 0.15) is 0 Å². The summed E-state index contributed by atoms with van der Waals surface area (Å²) in [5, 5.41) is 10.2. The van der Waals surface area contributed by atoms with E-state index in [1.54, 1.807) is 0 Å². The van der Waals surface area contributed by atoms with Crippen molar-refractivity contribution in [2.24, 2.45) is 5.92 Å². The van der Waals surface area contributed by atoms with Crippen molar-refractivity contribution in [2.75, 3.05) is 13.2 Å². The lowest BCUT2D eigenvalue weighted by Gasteiger charge is -2.45. The average Bonchev–Trinajstić information content (AvgIpc) is 2.49. The van der Waals surface area contributed by atoms with Crippen molar-refractivity contribution in [1.29, 1.82) is 0 Å². The zero-order valence-corrected chi connectivity index (χ0v) is 22.2. The van der Waals surface area contributed by atoms with Crippen molar-refractivity contribution in [3.63, 3.8) is 0 Å². The predicted molar refractivity (Wildman–Crippen MR) is 124 cm³/mol. The van der Waals surface area contributed by atoms with Crippen LogP contribution in [0.5, 0.6) is 0 Å². The second kappa shape index (κ2) is 10.7. The Morgan fingerprint density at radius 2 is 1.37 bits per heavy atom. The molecule has 0 aromatic rings.